The summed E-state index contributed by atoms with van der Waals surface area (Å²) in [5.41, 5.74) is 2.32. The molecule has 0 radical (unpaired) electrons. The molecule has 0 atom stereocenters. The van der Waals surface area contributed by atoms with Crippen molar-refractivity contribution in [1.82, 2.24) is 4.90 Å². The Bertz CT molecular complexity index is 708. The Kier molecular flexibility index (Phi) is 5.37. The summed E-state index contributed by atoms with van der Waals surface area (Å²) in [6.07, 6.45) is 0. The molecule has 0 fully saturated rings. The molecule has 0 unspecified atom stereocenters. The molecule has 0 aliphatic rings. The topological polar surface area (TPSA) is 37.4 Å². The van der Waals surface area contributed by atoms with E-state index < -0.39 is 0 Å². The molecule has 0 N–H and O–H groups in total. The van der Waals surface area contributed by atoms with E-state index in [2.05, 4.69) is 0 Å². The van der Waals surface area contributed by atoms with Crippen molar-refractivity contribution < 1.29 is 9.59 Å². The quantitative estimate of drug-likeness (QED) is 0.733. The fourth-order valence-electron chi connectivity index (χ4n) is 2.90. The third-order valence-electron chi connectivity index (χ3n) is 3.78. The Hall–Kier alpha value is -1.94. The van der Waals surface area contributed by atoms with Crippen LogP contribution in [-0.4, -0.2) is 28.7 Å². The Morgan fingerprint density at radius 3 is 2.13 bits per heavy atom. The highest BCUT2D eigenvalue weighted by atomic mass is 32.1. The third-order valence-corrected chi connectivity index (χ3v) is 4.80. The van der Waals surface area contributed by atoms with Gasteiger partial charge in [-0.1, -0.05) is 18.2 Å². The highest BCUT2D eigenvalue weighted by Gasteiger charge is 2.25. The average Bonchev–Trinajstić information content (AvgIpc) is 2.95. The SMILES string of the molecule is CC(=O)c1sccc1-c1ccccc1C(=O)N(C(C)C)C(C)C. The van der Waals surface area contributed by atoms with Crippen LogP contribution in [0.3, 0.4) is 0 Å². The number of ketones is 1. The fourth-order valence-corrected chi connectivity index (χ4v) is 3.71. The zero-order valence-corrected chi connectivity index (χ0v) is 15.1. The van der Waals surface area contributed by atoms with Crippen molar-refractivity contribution in [2.45, 2.75) is 46.7 Å². The Balaban J connectivity index is 2.56. The van der Waals surface area contributed by atoms with Crippen molar-refractivity contribution in [1.29, 1.82) is 0 Å². The maximum absolute atomic E-state index is 13.1. The first kappa shape index (κ1) is 17.4. The van der Waals surface area contributed by atoms with E-state index in [1.165, 1.54) is 11.3 Å². The zero-order chi connectivity index (χ0) is 17.1. The molecule has 23 heavy (non-hydrogen) atoms. The number of Topliss-reactive ketones (excluding diaryl/α,β-unsaturated/α-hetero) is 1. The number of hydrogen-bond acceptors (Lipinski definition) is 3. The van der Waals surface area contributed by atoms with Gasteiger partial charge in [0.1, 0.15) is 0 Å². The van der Waals surface area contributed by atoms with Gasteiger partial charge >= 0.3 is 0 Å². The molecule has 1 aromatic heterocycles. The number of hydrogen-bond donors (Lipinski definition) is 0. The van der Waals surface area contributed by atoms with Crippen molar-refractivity contribution in [3.05, 3.63) is 46.2 Å². The highest BCUT2D eigenvalue weighted by Crippen LogP contribution is 2.32. The van der Waals surface area contributed by atoms with E-state index in [9.17, 15) is 9.59 Å². The summed E-state index contributed by atoms with van der Waals surface area (Å²) in [5, 5.41) is 1.90. The van der Waals surface area contributed by atoms with Gasteiger partial charge < -0.3 is 4.90 Å². The Morgan fingerprint density at radius 1 is 0.957 bits per heavy atom. The molecule has 1 aromatic carbocycles. The number of benzene rings is 1. The van der Waals surface area contributed by atoms with E-state index in [0.717, 1.165) is 11.1 Å². The summed E-state index contributed by atoms with van der Waals surface area (Å²) in [6, 6.07) is 9.69. The van der Waals surface area contributed by atoms with Gasteiger partial charge in [-0.25, -0.2) is 0 Å². The third kappa shape index (κ3) is 3.53. The van der Waals surface area contributed by atoms with Gasteiger partial charge in [-0.05, 0) is 57.7 Å². The van der Waals surface area contributed by atoms with Crippen LogP contribution in [0, 0.1) is 0 Å². The molecule has 3 nitrogen and oxygen atoms in total. The van der Waals surface area contributed by atoms with Gasteiger partial charge in [-0.15, -0.1) is 11.3 Å². The molecule has 0 aliphatic heterocycles. The minimum atomic E-state index is 0.00584. The van der Waals surface area contributed by atoms with Crippen LogP contribution in [0.1, 0.15) is 54.6 Å². The Morgan fingerprint density at radius 2 is 1.57 bits per heavy atom. The maximum Gasteiger partial charge on any atom is 0.254 e. The van der Waals surface area contributed by atoms with Gasteiger partial charge in [0.2, 0.25) is 0 Å². The van der Waals surface area contributed by atoms with Crippen LogP contribution in [0.2, 0.25) is 0 Å². The second-order valence-electron chi connectivity index (χ2n) is 6.17. The summed E-state index contributed by atoms with van der Waals surface area (Å²) in [6.45, 7) is 9.64. The van der Waals surface area contributed by atoms with Gasteiger partial charge in [0.25, 0.3) is 5.91 Å². The molecule has 0 bridgehead atoms. The van der Waals surface area contributed by atoms with E-state index in [1.807, 2.05) is 68.3 Å². The summed E-state index contributed by atoms with van der Waals surface area (Å²) in [7, 11) is 0. The van der Waals surface area contributed by atoms with Crippen molar-refractivity contribution in [2.24, 2.45) is 0 Å². The van der Waals surface area contributed by atoms with Gasteiger partial charge in [-0.3, -0.25) is 9.59 Å². The molecule has 2 rings (SSSR count). The predicted octanol–water partition coefficient (Wildman–Crippen LogP) is 4.88. The fraction of sp³-hybridized carbons (Fsp3) is 0.368. The average molecular weight is 329 g/mol. The minimum Gasteiger partial charge on any atom is -0.334 e. The van der Waals surface area contributed by atoms with Crippen LogP contribution in [-0.2, 0) is 0 Å². The predicted molar refractivity (Wildman–Crippen MR) is 96.2 cm³/mol. The van der Waals surface area contributed by atoms with Crippen LogP contribution in [0.4, 0.5) is 0 Å². The molecular formula is C19H23NO2S. The summed E-state index contributed by atoms with van der Waals surface area (Å²) >= 11 is 1.42. The molecule has 0 saturated carbocycles. The lowest BCUT2D eigenvalue weighted by atomic mass is 9.97. The maximum atomic E-state index is 13.1. The zero-order valence-electron chi connectivity index (χ0n) is 14.3. The van der Waals surface area contributed by atoms with Crippen LogP contribution < -0.4 is 0 Å². The molecule has 4 heteroatoms. The molecule has 0 aliphatic carbocycles. The first-order chi connectivity index (χ1) is 10.8. The van der Waals surface area contributed by atoms with E-state index in [-0.39, 0.29) is 23.8 Å². The monoisotopic (exact) mass is 329 g/mol. The van der Waals surface area contributed by atoms with E-state index >= 15 is 0 Å². The van der Waals surface area contributed by atoms with E-state index in [4.69, 9.17) is 0 Å². The van der Waals surface area contributed by atoms with Crippen molar-refractivity contribution in [3.63, 3.8) is 0 Å². The molecule has 0 spiro atoms. The highest BCUT2D eigenvalue weighted by molar-refractivity contribution is 7.12. The van der Waals surface area contributed by atoms with Gasteiger partial charge in [0.05, 0.1) is 4.88 Å². The number of amides is 1. The lowest BCUT2D eigenvalue weighted by Gasteiger charge is -2.31. The molecular weight excluding hydrogens is 306 g/mol. The molecule has 1 amide bonds. The van der Waals surface area contributed by atoms with Crippen LogP contribution >= 0.6 is 11.3 Å². The lowest BCUT2D eigenvalue weighted by molar-refractivity contribution is 0.0644. The first-order valence-corrected chi connectivity index (χ1v) is 8.73. The van der Waals surface area contributed by atoms with Crippen LogP contribution in [0.15, 0.2) is 35.7 Å². The van der Waals surface area contributed by atoms with Crippen molar-refractivity contribution in [2.75, 3.05) is 0 Å². The van der Waals surface area contributed by atoms with E-state index in [0.29, 0.717) is 10.4 Å². The minimum absolute atomic E-state index is 0.00584. The largest absolute Gasteiger partial charge is 0.334 e. The second kappa shape index (κ2) is 7.09. The second-order valence-corrected chi connectivity index (χ2v) is 7.08. The van der Waals surface area contributed by atoms with Gasteiger partial charge in [0.15, 0.2) is 5.78 Å². The van der Waals surface area contributed by atoms with Crippen LogP contribution in [0.25, 0.3) is 11.1 Å². The molecule has 1 heterocycles. The number of nitrogens with zero attached hydrogens (tertiary/aromatic N) is 1. The van der Waals surface area contributed by atoms with Crippen molar-refractivity contribution >= 4 is 23.0 Å². The van der Waals surface area contributed by atoms with Crippen molar-refractivity contribution in [3.8, 4) is 11.1 Å². The lowest BCUT2D eigenvalue weighted by Crippen LogP contribution is -2.42. The molecule has 2 aromatic rings. The van der Waals surface area contributed by atoms with Gasteiger partial charge in [-0.2, -0.15) is 0 Å². The molecule has 0 saturated heterocycles. The number of carbonyl (C=O) groups is 2. The molecule has 122 valence electrons. The Labute approximate surface area is 141 Å². The van der Waals surface area contributed by atoms with Gasteiger partial charge in [0, 0.05) is 23.2 Å². The van der Waals surface area contributed by atoms with Crippen LogP contribution in [0.5, 0.6) is 0 Å². The number of thiophene rings is 1. The number of rotatable bonds is 5. The summed E-state index contributed by atoms with van der Waals surface area (Å²) in [4.78, 5) is 27.5. The standard InChI is InChI=1S/C19H23NO2S/c1-12(2)20(13(3)4)19(22)17-9-7-6-8-15(17)16-10-11-23-18(16)14(5)21/h6-13H,1-5H3. The summed E-state index contributed by atoms with van der Waals surface area (Å²) in [5.74, 6) is 0.0353. The normalized spacial score (nSPS) is 11.1. The number of carbonyl (C=O) groups excluding carboxylic acids is 2. The van der Waals surface area contributed by atoms with E-state index in [1.54, 1.807) is 6.92 Å². The first-order valence-electron chi connectivity index (χ1n) is 7.85. The summed E-state index contributed by atoms with van der Waals surface area (Å²) < 4.78 is 0. The smallest absolute Gasteiger partial charge is 0.254 e.